The molecule has 1 atom stereocenters. The molecule has 2 heterocycles. The maximum Gasteiger partial charge on any atom is 0.247 e. The van der Waals surface area contributed by atoms with Crippen LogP contribution in [0.1, 0.15) is 17.2 Å². The van der Waals surface area contributed by atoms with E-state index in [9.17, 15) is 9.59 Å². The highest BCUT2D eigenvalue weighted by molar-refractivity contribution is 6.43. The molecule has 1 unspecified atom stereocenters. The van der Waals surface area contributed by atoms with Gasteiger partial charge in [0.1, 0.15) is 0 Å². The van der Waals surface area contributed by atoms with E-state index in [1.165, 1.54) is 6.08 Å². The van der Waals surface area contributed by atoms with Crippen molar-refractivity contribution >= 4 is 11.6 Å². The molecule has 0 amide bonds. The van der Waals surface area contributed by atoms with Gasteiger partial charge in [-0.3, -0.25) is 9.59 Å². The minimum atomic E-state index is -0.928. The second-order valence-corrected chi connectivity index (χ2v) is 5.21. The van der Waals surface area contributed by atoms with Gasteiger partial charge in [-0.25, -0.2) is 0 Å². The van der Waals surface area contributed by atoms with Crippen molar-refractivity contribution in [2.75, 3.05) is 26.3 Å². The van der Waals surface area contributed by atoms with E-state index >= 15 is 0 Å². The van der Waals surface area contributed by atoms with Crippen LogP contribution in [-0.2, 0) is 25.7 Å². The Bertz CT molecular complexity index is 601. The summed E-state index contributed by atoms with van der Waals surface area (Å²) in [6, 6.07) is 6.82. The lowest BCUT2D eigenvalue weighted by molar-refractivity contribution is -0.144. The highest BCUT2D eigenvalue weighted by Crippen LogP contribution is 2.28. The molecule has 1 saturated heterocycles. The van der Waals surface area contributed by atoms with Gasteiger partial charge in [-0.15, -0.1) is 0 Å². The summed E-state index contributed by atoms with van der Waals surface area (Å²) < 4.78 is 11.0. The average Bonchev–Trinajstić information content (AvgIpc) is 2.58. The molecule has 1 aromatic carbocycles. The summed E-state index contributed by atoms with van der Waals surface area (Å²) in [6.07, 6.45) is 0.328. The third-order valence-electron chi connectivity index (χ3n) is 3.76. The standard InChI is InChI=1S/C16H17NO5/c18-10-11-1-3-12(4-2-11)16-15(20)13(19)9-14(22-16)17-5-7-21-8-6-17/h1-4,9,16,18H,5-8,10H2. The minimum absolute atomic E-state index is 0.0718. The van der Waals surface area contributed by atoms with Crippen LogP contribution in [-0.4, -0.2) is 47.9 Å². The van der Waals surface area contributed by atoms with Crippen LogP contribution < -0.4 is 0 Å². The van der Waals surface area contributed by atoms with Crippen LogP contribution in [0.15, 0.2) is 36.2 Å². The summed E-state index contributed by atoms with van der Waals surface area (Å²) in [4.78, 5) is 26.0. The van der Waals surface area contributed by atoms with Gasteiger partial charge in [0.05, 0.1) is 19.8 Å². The normalized spacial score (nSPS) is 22.3. The molecule has 2 aliphatic heterocycles. The number of ether oxygens (including phenoxy) is 2. The first-order valence-electron chi connectivity index (χ1n) is 7.18. The lowest BCUT2D eigenvalue weighted by Gasteiger charge is -2.34. The van der Waals surface area contributed by atoms with Crippen LogP contribution >= 0.6 is 0 Å². The van der Waals surface area contributed by atoms with Crippen LogP contribution in [0.5, 0.6) is 0 Å². The van der Waals surface area contributed by atoms with Crippen LogP contribution in [0.25, 0.3) is 0 Å². The first-order valence-corrected chi connectivity index (χ1v) is 7.18. The molecule has 1 N–H and O–H groups in total. The van der Waals surface area contributed by atoms with Gasteiger partial charge in [0, 0.05) is 24.7 Å². The van der Waals surface area contributed by atoms with E-state index in [1.807, 2.05) is 4.90 Å². The van der Waals surface area contributed by atoms with E-state index < -0.39 is 17.7 Å². The summed E-state index contributed by atoms with van der Waals surface area (Å²) >= 11 is 0. The summed E-state index contributed by atoms with van der Waals surface area (Å²) in [7, 11) is 0. The van der Waals surface area contributed by atoms with Gasteiger partial charge in [0.25, 0.3) is 0 Å². The van der Waals surface area contributed by atoms with E-state index in [1.54, 1.807) is 24.3 Å². The molecule has 3 rings (SSSR count). The van der Waals surface area contributed by atoms with Crippen LogP contribution in [0.2, 0.25) is 0 Å². The molecular formula is C16H17NO5. The fraction of sp³-hybridized carbons (Fsp3) is 0.375. The number of allylic oxidation sites excluding steroid dienone is 1. The number of hydrogen-bond acceptors (Lipinski definition) is 6. The number of benzene rings is 1. The Morgan fingerprint density at radius 2 is 1.82 bits per heavy atom. The third-order valence-corrected chi connectivity index (χ3v) is 3.76. The first-order chi connectivity index (χ1) is 10.7. The van der Waals surface area contributed by atoms with Crippen molar-refractivity contribution in [2.45, 2.75) is 12.7 Å². The lowest BCUT2D eigenvalue weighted by atomic mass is 9.99. The summed E-state index contributed by atoms with van der Waals surface area (Å²) in [5.41, 5.74) is 1.34. The van der Waals surface area contributed by atoms with Gasteiger partial charge in [-0.1, -0.05) is 24.3 Å². The second-order valence-electron chi connectivity index (χ2n) is 5.21. The number of aliphatic hydroxyl groups is 1. The fourth-order valence-corrected chi connectivity index (χ4v) is 2.49. The van der Waals surface area contributed by atoms with Crippen LogP contribution in [0, 0.1) is 0 Å². The summed E-state index contributed by atoms with van der Waals surface area (Å²) in [5.74, 6) is -0.707. The second kappa shape index (κ2) is 6.29. The van der Waals surface area contributed by atoms with Gasteiger partial charge in [-0.05, 0) is 5.56 Å². The molecule has 0 saturated carbocycles. The van der Waals surface area contributed by atoms with E-state index in [4.69, 9.17) is 14.6 Å². The third kappa shape index (κ3) is 2.88. The van der Waals surface area contributed by atoms with Gasteiger partial charge in [0.2, 0.25) is 11.6 Å². The minimum Gasteiger partial charge on any atom is -0.462 e. The topological polar surface area (TPSA) is 76.1 Å². The number of hydrogen-bond donors (Lipinski definition) is 1. The largest absolute Gasteiger partial charge is 0.462 e. The van der Waals surface area contributed by atoms with E-state index in [0.717, 1.165) is 5.56 Å². The van der Waals surface area contributed by atoms with Gasteiger partial charge in [0.15, 0.2) is 12.0 Å². The number of ketones is 2. The molecule has 0 aliphatic carbocycles. The number of Topliss-reactive ketones (excluding diaryl/α,β-unsaturated/α-hetero) is 1. The summed E-state index contributed by atoms with van der Waals surface area (Å²) in [6.45, 7) is 2.32. The lowest BCUT2D eigenvalue weighted by Crippen LogP contribution is -2.40. The van der Waals surface area contributed by atoms with Crippen molar-refractivity contribution in [2.24, 2.45) is 0 Å². The molecule has 2 aliphatic rings. The molecule has 1 aromatic rings. The smallest absolute Gasteiger partial charge is 0.247 e. The van der Waals surface area contributed by atoms with Crippen molar-refractivity contribution in [3.05, 3.63) is 47.4 Å². The zero-order chi connectivity index (χ0) is 15.5. The molecule has 6 nitrogen and oxygen atoms in total. The Hall–Kier alpha value is -2.18. The van der Waals surface area contributed by atoms with Gasteiger partial charge < -0.3 is 19.5 Å². The Labute approximate surface area is 127 Å². The van der Waals surface area contributed by atoms with E-state index in [-0.39, 0.29) is 6.61 Å². The maximum absolute atomic E-state index is 12.1. The first kappa shape index (κ1) is 14.7. The zero-order valence-corrected chi connectivity index (χ0v) is 12.0. The molecule has 0 aromatic heterocycles. The number of aliphatic hydroxyl groups excluding tert-OH is 1. The number of nitrogens with zero attached hydrogens (tertiary/aromatic N) is 1. The van der Waals surface area contributed by atoms with Crippen LogP contribution in [0.4, 0.5) is 0 Å². The number of rotatable bonds is 3. The van der Waals surface area contributed by atoms with Gasteiger partial charge >= 0.3 is 0 Å². The predicted octanol–water partition coefficient (Wildman–Crippen LogP) is 0.562. The molecule has 1 fully saturated rings. The monoisotopic (exact) mass is 303 g/mol. The average molecular weight is 303 g/mol. The van der Waals surface area contributed by atoms with Crippen LogP contribution in [0.3, 0.4) is 0 Å². The predicted molar refractivity (Wildman–Crippen MR) is 76.7 cm³/mol. The van der Waals surface area contributed by atoms with E-state index in [0.29, 0.717) is 37.7 Å². The van der Waals surface area contributed by atoms with Gasteiger partial charge in [-0.2, -0.15) is 0 Å². The molecule has 0 bridgehead atoms. The highest BCUT2D eigenvalue weighted by Gasteiger charge is 2.34. The molecule has 116 valence electrons. The quantitative estimate of drug-likeness (QED) is 0.822. The van der Waals surface area contributed by atoms with Crippen molar-refractivity contribution in [3.63, 3.8) is 0 Å². The Balaban J connectivity index is 1.83. The molecule has 0 spiro atoms. The molecule has 22 heavy (non-hydrogen) atoms. The molecule has 0 radical (unpaired) electrons. The van der Waals surface area contributed by atoms with E-state index in [2.05, 4.69) is 0 Å². The number of carbonyl (C=O) groups is 2. The van der Waals surface area contributed by atoms with Crippen molar-refractivity contribution in [1.29, 1.82) is 0 Å². The molecular weight excluding hydrogens is 286 g/mol. The number of morpholine rings is 1. The SMILES string of the molecule is O=C1C=C(N2CCOCC2)OC(c2ccc(CO)cc2)C1=O. The molecule has 6 heteroatoms. The van der Waals surface area contributed by atoms with Crippen molar-refractivity contribution in [1.82, 2.24) is 4.90 Å². The summed E-state index contributed by atoms with van der Waals surface area (Å²) in [5, 5.41) is 9.07. The maximum atomic E-state index is 12.1. The van der Waals surface area contributed by atoms with Crippen molar-refractivity contribution < 1.29 is 24.2 Å². The van der Waals surface area contributed by atoms with Crippen molar-refractivity contribution in [3.8, 4) is 0 Å². The Kier molecular flexibility index (Phi) is 4.22. The highest BCUT2D eigenvalue weighted by atomic mass is 16.5. The fourth-order valence-electron chi connectivity index (χ4n) is 2.49. The Morgan fingerprint density at radius 3 is 2.45 bits per heavy atom. The number of carbonyl (C=O) groups excluding carboxylic acids is 2. The Morgan fingerprint density at radius 1 is 1.14 bits per heavy atom. The zero-order valence-electron chi connectivity index (χ0n) is 12.0.